The van der Waals surface area contributed by atoms with Crippen LogP contribution in [0.4, 0.5) is 5.69 Å². The molecule has 3 N–H and O–H groups in total. The summed E-state index contributed by atoms with van der Waals surface area (Å²) in [5.74, 6) is 0. The molecule has 0 aromatic heterocycles. The molecule has 0 spiro atoms. The van der Waals surface area contributed by atoms with Crippen LogP contribution in [0.25, 0.3) is 0 Å². The molecule has 78 valence electrons. The quantitative estimate of drug-likeness (QED) is 0.753. The van der Waals surface area contributed by atoms with E-state index in [0.717, 1.165) is 10.2 Å². The third kappa shape index (κ3) is 3.65. The summed E-state index contributed by atoms with van der Waals surface area (Å²) in [6, 6.07) is 7.62. The van der Waals surface area contributed by atoms with Gasteiger partial charge in [-0.1, -0.05) is 22.0 Å². The van der Waals surface area contributed by atoms with Crippen LogP contribution in [0.1, 0.15) is 6.42 Å². The SMILES string of the molecule is OCCC(CO)Nc1cccc(Br)c1. The van der Waals surface area contributed by atoms with Crippen LogP contribution >= 0.6 is 15.9 Å². The maximum absolute atomic E-state index is 9.00. The van der Waals surface area contributed by atoms with Crippen molar-refractivity contribution in [1.29, 1.82) is 0 Å². The van der Waals surface area contributed by atoms with Crippen molar-refractivity contribution in [3.05, 3.63) is 28.7 Å². The van der Waals surface area contributed by atoms with Gasteiger partial charge in [0.25, 0.3) is 0 Å². The number of nitrogens with one attached hydrogen (secondary N) is 1. The van der Waals surface area contributed by atoms with Crippen LogP contribution in [-0.4, -0.2) is 29.5 Å². The van der Waals surface area contributed by atoms with Crippen molar-refractivity contribution in [2.75, 3.05) is 18.5 Å². The zero-order chi connectivity index (χ0) is 10.4. The van der Waals surface area contributed by atoms with E-state index in [2.05, 4.69) is 21.2 Å². The average Bonchev–Trinajstić information content (AvgIpc) is 2.17. The molecule has 1 aromatic carbocycles. The number of hydrogen-bond donors (Lipinski definition) is 3. The van der Waals surface area contributed by atoms with E-state index in [1.54, 1.807) is 0 Å². The van der Waals surface area contributed by atoms with Crippen LogP contribution < -0.4 is 5.32 Å². The molecule has 0 amide bonds. The van der Waals surface area contributed by atoms with Gasteiger partial charge in [0.2, 0.25) is 0 Å². The lowest BCUT2D eigenvalue weighted by Gasteiger charge is -2.16. The van der Waals surface area contributed by atoms with Crippen molar-refractivity contribution < 1.29 is 10.2 Å². The Hall–Kier alpha value is -0.580. The molecule has 0 aliphatic rings. The highest BCUT2D eigenvalue weighted by Gasteiger charge is 2.05. The fourth-order valence-corrected chi connectivity index (χ4v) is 1.58. The van der Waals surface area contributed by atoms with Gasteiger partial charge in [0.1, 0.15) is 0 Å². The molecule has 0 fully saturated rings. The first-order chi connectivity index (χ1) is 6.76. The normalized spacial score (nSPS) is 12.5. The molecule has 1 unspecified atom stereocenters. The summed E-state index contributed by atoms with van der Waals surface area (Å²) in [6.07, 6.45) is 0.545. The molecule has 0 saturated carbocycles. The molecule has 0 heterocycles. The Morgan fingerprint density at radius 3 is 2.71 bits per heavy atom. The zero-order valence-electron chi connectivity index (χ0n) is 7.78. The standard InChI is InChI=1S/C10H14BrNO2/c11-8-2-1-3-9(6-8)12-10(7-14)4-5-13/h1-3,6,10,12-14H,4-5,7H2. The van der Waals surface area contributed by atoms with Crippen molar-refractivity contribution in [3.63, 3.8) is 0 Å². The molecule has 0 aliphatic carbocycles. The summed E-state index contributed by atoms with van der Waals surface area (Å²) >= 11 is 3.36. The summed E-state index contributed by atoms with van der Waals surface area (Å²) < 4.78 is 0.989. The van der Waals surface area contributed by atoms with Gasteiger partial charge in [-0.25, -0.2) is 0 Å². The molecule has 0 saturated heterocycles. The summed E-state index contributed by atoms with van der Waals surface area (Å²) in [6.45, 7) is 0.0965. The van der Waals surface area contributed by atoms with E-state index in [0.29, 0.717) is 6.42 Å². The van der Waals surface area contributed by atoms with Crippen LogP contribution in [0, 0.1) is 0 Å². The van der Waals surface area contributed by atoms with E-state index in [1.165, 1.54) is 0 Å². The molecular weight excluding hydrogens is 246 g/mol. The van der Waals surface area contributed by atoms with Gasteiger partial charge >= 0.3 is 0 Å². The van der Waals surface area contributed by atoms with Crippen molar-refractivity contribution in [1.82, 2.24) is 0 Å². The Morgan fingerprint density at radius 1 is 1.36 bits per heavy atom. The lowest BCUT2D eigenvalue weighted by Crippen LogP contribution is -2.24. The zero-order valence-corrected chi connectivity index (χ0v) is 9.37. The molecule has 0 radical (unpaired) electrons. The maximum Gasteiger partial charge on any atom is 0.0633 e. The van der Waals surface area contributed by atoms with Gasteiger partial charge < -0.3 is 15.5 Å². The van der Waals surface area contributed by atoms with E-state index in [-0.39, 0.29) is 19.3 Å². The molecule has 1 atom stereocenters. The molecule has 0 aliphatic heterocycles. The minimum absolute atomic E-state index is 0.0209. The van der Waals surface area contributed by atoms with Crippen molar-refractivity contribution in [2.24, 2.45) is 0 Å². The Bertz CT molecular complexity index is 281. The van der Waals surface area contributed by atoms with Gasteiger partial charge in [-0.05, 0) is 24.6 Å². The number of aliphatic hydroxyl groups is 2. The first-order valence-electron chi connectivity index (χ1n) is 4.50. The topological polar surface area (TPSA) is 52.5 Å². The van der Waals surface area contributed by atoms with E-state index in [4.69, 9.17) is 10.2 Å². The fraction of sp³-hybridized carbons (Fsp3) is 0.400. The van der Waals surface area contributed by atoms with E-state index in [9.17, 15) is 0 Å². The van der Waals surface area contributed by atoms with Crippen LogP contribution in [0.5, 0.6) is 0 Å². The van der Waals surface area contributed by atoms with Gasteiger partial charge in [-0.15, -0.1) is 0 Å². The number of benzene rings is 1. The smallest absolute Gasteiger partial charge is 0.0633 e. The number of rotatable bonds is 5. The predicted molar refractivity (Wildman–Crippen MR) is 60.3 cm³/mol. The molecular formula is C10H14BrNO2. The highest BCUT2D eigenvalue weighted by Crippen LogP contribution is 2.16. The van der Waals surface area contributed by atoms with Crippen LogP contribution in [0.3, 0.4) is 0 Å². The monoisotopic (exact) mass is 259 g/mol. The van der Waals surface area contributed by atoms with Gasteiger partial charge in [0, 0.05) is 16.8 Å². The maximum atomic E-state index is 9.00. The molecule has 0 bridgehead atoms. The van der Waals surface area contributed by atoms with E-state index >= 15 is 0 Å². The second kappa shape index (κ2) is 6.01. The number of aliphatic hydroxyl groups excluding tert-OH is 2. The summed E-state index contributed by atoms with van der Waals surface area (Å²) in [5.41, 5.74) is 0.937. The minimum Gasteiger partial charge on any atom is -0.396 e. The van der Waals surface area contributed by atoms with Gasteiger partial charge in [0.15, 0.2) is 0 Å². The molecule has 3 nitrogen and oxygen atoms in total. The van der Waals surface area contributed by atoms with Crippen molar-refractivity contribution in [3.8, 4) is 0 Å². The molecule has 4 heteroatoms. The Kier molecular flexibility index (Phi) is 4.93. The summed E-state index contributed by atoms with van der Waals surface area (Å²) in [7, 11) is 0. The van der Waals surface area contributed by atoms with Crippen LogP contribution in [0.2, 0.25) is 0 Å². The highest BCUT2D eigenvalue weighted by atomic mass is 79.9. The Labute approximate surface area is 91.9 Å². The van der Waals surface area contributed by atoms with Crippen molar-refractivity contribution in [2.45, 2.75) is 12.5 Å². The largest absolute Gasteiger partial charge is 0.396 e. The third-order valence-electron chi connectivity index (χ3n) is 1.89. The lowest BCUT2D eigenvalue weighted by molar-refractivity contribution is 0.229. The lowest BCUT2D eigenvalue weighted by atomic mass is 10.2. The minimum atomic E-state index is -0.0886. The second-order valence-electron chi connectivity index (χ2n) is 3.05. The molecule has 14 heavy (non-hydrogen) atoms. The third-order valence-corrected chi connectivity index (χ3v) is 2.39. The Morgan fingerprint density at radius 2 is 2.14 bits per heavy atom. The van der Waals surface area contributed by atoms with Gasteiger partial charge in [0.05, 0.1) is 12.6 Å². The number of hydrogen-bond acceptors (Lipinski definition) is 3. The highest BCUT2D eigenvalue weighted by molar-refractivity contribution is 9.10. The summed E-state index contributed by atoms with van der Waals surface area (Å²) in [5, 5.41) is 20.9. The first kappa shape index (κ1) is 11.5. The number of halogens is 1. The first-order valence-corrected chi connectivity index (χ1v) is 5.29. The Balaban J connectivity index is 2.57. The molecule has 1 rings (SSSR count). The van der Waals surface area contributed by atoms with E-state index in [1.807, 2.05) is 24.3 Å². The van der Waals surface area contributed by atoms with Gasteiger partial charge in [-0.2, -0.15) is 0 Å². The van der Waals surface area contributed by atoms with Crippen LogP contribution in [0.15, 0.2) is 28.7 Å². The summed E-state index contributed by atoms with van der Waals surface area (Å²) in [4.78, 5) is 0. The molecule has 1 aromatic rings. The van der Waals surface area contributed by atoms with Crippen LogP contribution in [-0.2, 0) is 0 Å². The van der Waals surface area contributed by atoms with E-state index < -0.39 is 0 Å². The fourth-order valence-electron chi connectivity index (χ4n) is 1.18. The van der Waals surface area contributed by atoms with Crippen molar-refractivity contribution >= 4 is 21.6 Å². The number of anilines is 1. The predicted octanol–water partition coefficient (Wildman–Crippen LogP) is 1.60. The average molecular weight is 260 g/mol. The van der Waals surface area contributed by atoms with Gasteiger partial charge in [-0.3, -0.25) is 0 Å². The second-order valence-corrected chi connectivity index (χ2v) is 3.96.